The zero-order chi connectivity index (χ0) is 18.9. The van der Waals surface area contributed by atoms with E-state index in [1.54, 1.807) is 0 Å². The number of hydrogen-bond donors (Lipinski definition) is 2. The van der Waals surface area contributed by atoms with E-state index in [2.05, 4.69) is 47.2 Å². The van der Waals surface area contributed by atoms with Gasteiger partial charge in [0, 0.05) is 37.8 Å². The lowest BCUT2D eigenvalue weighted by Gasteiger charge is -2.32. The van der Waals surface area contributed by atoms with E-state index in [1.165, 1.54) is 19.3 Å². The van der Waals surface area contributed by atoms with Gasteiger partial charge in [-0.05, 0) is 45.1 Å². The second-order valence-corrected chi connectivity index (χ2v) is 7.48. The fraction of sp³-hybridized carbons (Fsp3) is 0.591. The number of benzene rings is 1. The van der Waals surface area contributed by atoms with E-state index >= 15 is 0 Å². The van der Waals surface area contributed by atoms with Crippen molar-refractivity contribution in [2.45, 2.75) is 57.7 Å². The number of piperidine rings is 1. The largest absolute Gasteiger partial charge is 0.490 e. The zero-order valence-electron chi connectivity index (χ0n) is 16.6. The van der Waals surface area contributed by atoms with Crippen molar-refractivity contribution in [2.75, 3.05) is 26.2 Å². The smallest absolute Gasteiger partial charge is 0.191 e. The molecule has 1 aromatic rings. The second-order valence-electron chi connectivity index (χ2n) is 7.48. The number of para-hydroxylation sites is 1. The molecule has 1 saturated heterocycles. The summed E-state index contributed by atoms with van der Waals surface area (Å²) in [4.78, 5) is 7.28. The van der Waals surface area contributed by atoms with Gasteiger partial charge >= 0.3 is 0 Å². The summed E-state index contributed by atoms with van der Waals surface area (Å²) in [6, 6.07) is 8.77. The number of nitrogens with zero attached hydrogens (tertiary/aromatic N) is 2. The Morgan fingerprint density at radius 1 is 1.26 bits per heavy atom. The van der Waals surface area contributed by atoms with Crippen LogP contribution in [-0.2, 0) is 6.54 Å². The third kappa shape index (κ3) is 5.99. The third-order valence-electron chi connectivity index (χ3n) is 5.39. The van der Waals surface area contributed by atoms with Crippen molar-refractivity contribution in [1.82, 2.24) is 15.5 Å². The molecule has 0 spiro atoms. The van der Waals surface area contributed by atoms with Crippen molar-refractivity contribution in [3.63, 3.8) is 0 Å². The first-order valence-electron chi connectivity index (χ1n) is 10.4. The molecule has 1 aromatic carbocycles. The van der Waals surface area contributed by atoms with E-state index in [4.69, 9.17) is 9.73 Å². The molecule has 0 bridgehead atoms. The Labute approximate surface area is 163 Å². The molecular formula is C22H34N4O. The molecule has 1 aliphatic heterocycles. The number of ether oxygens (including phenoxy) is 1. The van der Waals surface area contributed by atoms with Crippen LogP contribution in [0.1, 0.15) is 44.6 Å². The minimum absolute atomic E-state index is 0.391. The first-order valence-corrected chi connectivity index (χ1v) is 10.4. The Bertz CT molecular complexity index is 618. The average Bonchev–Trinajstić information content (AvgIpc) is 2.65. The highest BCUT2D eigenvalue weighted by Gasteiger charge is 2.21. The molecule has 0 aromatic heterocycles. The van der Waals surface area contributed by atoms with Gasteiger partial charge in [-0.1, -0.05) is 24.3 Å². The van der Waals surface area contributed by atoms with Gasteiger partial charge in [-0.2, -0.15) is 0 Å². The summed E-state index contributed by atoms with van der Waals surface area (Å²) in [7, 11) is 0. The monoisotopic (exact) mass is 370 g/mol. The Morgan fingerprint density at radius 2 is 2.04 bits per heavy atom. The van der Waals surface area contributed by atoms with Gasteiger partial charge < -0.3 is 15.4 Å². The lowest BCUT2D eigenvalue weighted by molar-refractivity contribution is 0.119. The minimum Gasteiger partial charge on any atom is -0.490 e. The lowest BCUT2D eigenvalue weighted by atomic mass is 9.96. The lowest BCUT2D eigenvalue weighted by Crippen LogP contribution is -2.48. The van der Waals surface area contributed by atoms with Crippen LogP contribution in [-0.4, -0.2) is 49.2 Å². The highest BCUT2D eigenvalue weighted by atomic mass is 16.5. The summed E-state index contributed by atoms with van der Waals surface area (Å²) in [6.07, 6.45) is 8.29. The van der Waals surface area contributed by atoms with E-state index in [1.807, 2.05) is 12.1 Å². The van der Waals surface area contributed by atoms with Crippen molar-refractivity contribution >= 4 is 5.96 Å². The Balaban J connectivity index is 1.57. The molecule has 1 saturated carbocycles. The van der Waals surface area contributed by atoms with Crippen LogP contribution >= 0.6 is 0 Å². The van der Waals surface area contributed by atoms with Crippen LogP contribution in [0.2, 0.25) is 0 Å². The van der Waals surface area contributed by atoms with Gasteiger partial charge in [0.05, 0.1) is 12.6 Å². The minimum atomic E-state index is 0.391. The summed E-state index contributed by atoms with van der Waals surface area (Å²) in [5, 5.41) is 7.01. The average molecular weight is 371 g/mol. The number of hydrogen-bond acceptors (Lipinski definition) is 3. The van der Waals surface area contributed by atoms with Gasteiger partial charge in [0.25, 0.3) is 0 Å². The zero-order valence-corrected chi connectivity index (χ0v) is 16.6. The predicted molar refractivity (Wildman–Crippen MR) is 112 cm³/mol. The molecule has 0 atom stereocenters. The molecule has 0 amide bonds. The van der Waals surface area contributed by atoms with Crippen molar-refractivity contribution in [1.29, 1.82) is 0 Å². The molecule has 1 aliphatic carbocycles. The maximum Gasteiger partial charge on any atom is 0.191 e. The SMILES string of the molecule is C=CCN1CCC(NC(=NCc2ccccc2OC2CCC2)NCC)CC1. The third-order valence-corrected chi connectivity index (χ3v) is 5.39. The number of rotatable bonds is 8. The summed E-state index contributed by atoms with van der Waals surface area (Å²) in [5.74, 6) is 1.89. The summed E-state index contributed by atoms with van der Waals surface area (Å²) in [5.41, 5.74) is 1.16. The molecular weight excluding hydrogens is 336 g/mol. The normalized spacial score (nSPS) is 19.4. The second kappa shape index (κ2) is 10.4. The highest BCUT2D eigenvalue weighted by Crippen LogP contribution is 2.27. The number of nitrogens with one attached hydrogen (secondary N) is 2. The molecule has 5 heteroatoms. The van der Waals surface area contributed by atoms with Gasteiger partial charge in [-0.3, -0.25) is 4.90 Å². The molecule has 2 fully saturated rings. The maximum absolute atomic E-state index is 6.13. The molecule has 2 aliphatic rings. The van der Waals surface area contributed by atoms with E-state index in [0.717, 1.165) is 56.3 Å². The van der Waals surface area contributed by atoms with Crippen LogP contribution in [0.25, 0.3) is 0 Å². The first kappa shape index (κ1) is 19.7. The first-order chi connectivity index (χ1) is 13.3. The molecule has 0 unspecified atom stereocenters. The Morgan fingerprint density at radius 3 is 2.70 bits per heavy atom. The quantitative estimate of drug-likeness (QED) is 0.419. The van der Waals surface area contributed by atoms with Crippen molar-refractivity contribution in [3.8, 4) is 5.75 Å². The predicted octanol–water partition coefficient (Wildman–Crippen LogP) is 3.32. The molecule has 1 heterocycles. The molecule has 0 radical (unpaired) electrons. The van der Waals surface area contributed by atoms with Crippen molar-refractivity contribution in [3.05, 3.63) is 42.5 Å². The fourth-order valence-corrected chi connectivity index (χ4v) is 3.54. The van der Waals surface area contributed by atoms with Crippen LogP contribution in [0.15, 0.2) is 41.9 Å². The number of likely N-dealkylation sites (tertiary alicyclic amines) is 1. The van der Waals surface area contributed by atoms with Crippen molar-refractivity contribution in [2.24, 2.45) is 4.99 Å². The van der Waals surface area contributed by atoms with Crippen molar-refractivity contribution < 1.29 is 4.74 Å². The van der Waals surface area contributed by atoms with Gasteiger partial charge in [-0.25, -0.2) is 4.99 Å². The van der Waals surface area contributed by atoms with E-state index < -0.39 is 0 Å². The summed E-state index contributed by atoms with van der Waals surface area (Å²) < 4.78 is 6.13. The van der Waals surface area contributed by atoms with Crippen LogP contribution in [0.3, 0.4) is 0 Å². The highest BCUT2D eigenvalue weighted by molar-refractivity contribution is 5.80. The number of aliphatic imine (C=N–C) groups is 1. The summed E-state index contributed by atoms with van der Waals surface area (Å²) in [6.45, 7) is 10.6. The summed E-state index contributed by atoms with van der Waals surface area (Å²) >= 11 is 0. The molecule has 148 valence electrons. The van der Waals surface area contributed by atoms with Crippen LogP contribution in [0.4, 0.5) is 0 Å². The fourth-order valence-electron chi connectivity index (χ4n) is 3.54. The van der Waals surface area contributed by atoms with E-state index in [9.17, 15) is 0 Å². The molecule has 3 rings (SSSR count). The van der Waals surface area contributed by atoms with Crippen LogP contribution < -0.4 is 15.4 Å². The van der Waals surface area contributed by atoms with Gasteiger partial charge in [0.2, 0.25) is 0 Å². The molecule has 5 nitrogen and oxygen atoms in total. The Hall–Kier alpha value is -2.01. The topological polar surface area (TPSA) is 48.9 Å². The van der Waals surface area contributed by atoms with E-state index in [-0.39, 0.29) is 0 Å². The van der Waals surface area contributed by atoms with Crippen LogP contribution in [0.5, 0.6) is 5.75 Å². The number of guanidine groups is 1. The molecule has 2 N–H and O–H groups in total. The van der Waals surface area contributed by atoms with E-state index in [0.29, 0.717) is 18.7 Å². The van der Waals surface area contributed by atoms with Gasteiger partial charge in [0.15, 0.2) is 5.96 Å². The molecule has 27 heavy (non-hydrogen) atoms. The standard InChI is InChI=1S/C22H34N4O/c1-3-14-26-15-12-19(13-16-26)25-22(23-4-2)24-17-18-8-5-6-11-21(18)27-20-9-7-10-20/h3,5-6,8,11,19-20H,1,4,7,9-10,12-17H2,2H3,(H2,23,24,25). The van der Waals surface area contributed by atoms with Crippen LogP contribution in [0, 0.1) is 0 Å². The maximum atomic E-state index is 6.13. The Kier molecular flexibility index (Phi) is 7.57. The van der Waals surface area contributed by atoms with Gasteiger partial charge in [0.1, 0.15) is 5.75 Å². The van der Waals surface area contributed by atoms with Gasteiger partial charge in [-0.15, -0.1) is 6.58 Å².